The molecule has 3 aromatic carbocycles. The van der Waals surface area contributed by atoms with Crippen LogP contribution in [-0.4, -0.2) is 51.7 Å². The van der Waals surface area contributed by atoms with Gasteiger partial charge in [-0.3, -0.25) is 24.1 Å². The highest BCUT2D eigenvalue weighted by atomic mass is 35.5. The fourth-order valence-electron chi connectivity index (χ4n) is 7.93. The van der Waals surface area contributed by atoms with Gasteiger partial charge >= 0.3 is 0 Å². The van der Waals surface area contributed by atoms with E-state index in [4.69, 9.17) is 27.9 Å². The highest BCUT2D eigenvalue weighted by Crippen LogP contribution is 2.66. The van der Waals surface area contributed by atoms with Crippen LogP contribution in [0.5, 0.6) is 5.75 Å². The summed E-state index contributed by atoms with van der Waals surface area (Å²) in [6.07, 6.45) is 2.50. The van der Waals surface area contributed by atoms with Gasteiger partial charge in [-0.25, -0.2) is 26.9 Å². The molecule has 2 aliphatic heterocycles. The van der Waals surface area contributed by atoms with E-state index in [1.165, 1.54) is 18.2 Å². The van der Waals surface area contributed by atoms with E-state index in [0.29, 0.717) is 0 Å². The summed E-state index contributed by atoms with van der Waals surface area (Å²) in [6, 6.07) is 12.4. The zero-order chi connectivity index (χ0) is 36.7. The summed E-state index contributed by atoms with van der Waals surface area (Å²) >= 11 is 14.4. The van der Waals surface area contributed by atoms with E-state index in [9.17, 15) is 37.5 Å². The monoisotopic (exact) mass is 746 g/mol. The fraction of sp³-hybridized carbons (Fsp3) is 0.278. The lowest BCUT2D eigenvalue weighted by molar-refractivity contribution is -0.125. The van der Waals surface area contributed by atoms with Gasteiger partial charge in [0.05, 0.1) is 24.1 Å². The van der Waals surface area contributed by atoms with Gasteiger partial charge < -0.3 is 9.84 Å². The second-order valence-electron chi connectivity index (χ2n) is 12.6. The van der Waals surface area contributed by atoms with E-state index in [2.05, 4.69) is 6.58 Å². The second kappa shape index (κ2) is 12.3. The average molecular weight is 748 g/mol. The van der Waals surface area contributed by atoms with Crippen LogP contribution in [0.15, 0.2) is 66.8 Å². The molecule has 0 bridgehead atoms. The zero-order valence-corrected chi connectivity index (χ0v) is 27.7. The maximum atomic E-state index is 15.3. The molecule has 1 saturated carbocycles. The number of imide groups is 2. The normalized spacial score (nSPS) is 28.4. The van der Waals surface area contributed by atoms with Crippen molar-refractivity contribution >= 4 is 64.3 Å². The molecule has 3 fully saturated rings. The lowest BCUT2D eigenvalue weighted by Crippen LogP contribution is -2.60. The molecule has 0 aromatic heterocycles. The van der Waals surface area contributed by atoms with Crippen LogP contribution < -0.4 is 14.5 Å². The van der Waals surface area contributed by atoms with Gasteiger partial charge in [0.2, 0.25) is 17.6 Å². The number of amides is 4. The zero-order valence-electron chi connectivity index (χ0n) is 26.1. The number of anilines is 2. The van der Waals surface area contributed by atoms with Crippen molar-refractivity contribution in [3.05, 3.63) is 107 Å². The molecular formula is C36H25Cl2F5N2O6. The first-order valence-electron chi connectivity index (χ1n) is 15.7. The summed E-state index contributed by atoms with van der Waals surface area (Å²) in [6.45, 7) is 3.01. The van der Waals surface area contributed by atoms with Gasteiger partial charge in [-0.2, -0.15) is 0 Å². The van der Waals surface area contributed by atoms with E-state index in [1.807, 2.05) is 0 Å². The van der Waals surface area contributed by atoms with Crippen LogP contribution in [0.3, 0.4) is 0 Å². The number of carbonyl (C=O) groups is 4. The van der Waals surface area contributed by atoms with Crippen molar-refractivity contribution in [1.82, 2.24) is 0 Å². The minimum absolute atomic E-state index is 0.0236. The number of fused-ring (bicyclic) bond motifs is 4. The molecule has 0 unspecified atom stereocenters. The van der Waals surface area contributed by atoms with Crippen LogP contribution >= 0.6 is 23.2 Å². The summed E-state index contributed by atoms with van der Waals surface area (Å²) in [7, 11) is 0. The van der Waals surface area contributed by atoms with Gasteiger partial charge in [0.1, 0.15) is 18.0 Å². The predicted octanol–water partition coefficient (Wildman–Crippen LogP) is 6.16. The van der Waals surface area contributed by atoms with Crippen molar-refractivity contribution in [2.75, 3.05) is 23.0 Å². The van der Waals surface area contributed by atoms with Crippen molar-refractivity contribution < 1.29 is 51.0 Å². The largest absolute Gasteiger partial charge is 0.491 e. The number of ether oxygens (including phenoxy) is 1. The average Bonchev–Trinajstić information content (AvgIpc) is 3.47. The Hall–Kier alpha value is -4.59. The van der Waals surface area contributed by atoms with Crippen molar-refractivity contribution in [1.29, 1.82) is 0 Å². The SMILES string of the molecule is C=Cc1ccc(N2C(=O)[C@H]3[C@H](CC=C4[C@H]3C[C@@]3(Cl)C(=O)N(c5c(F)c(F)c(F)c(F)c5F)C(=O)[C@@]3(Cl)[C@H]4c3ccccc3OCCO)C2=O)cc1. The lowest BCUT2D eigenvalue weighted by Gasteiger charge is -2.50. The first-order chi connectivity index (χ1) is 24.2. The number of aliphatic hydroxyl groups is 1. The van der Waals surface area contributed by atoms with Gasteiger partial charge in [0.15, 0.2) is 33.0 Å². The number of allylic oxidation sites excluding steroid dienone is 2. The first kappa shape index (κ1) is 34.8. The Bertz CT molecular complexity index is 2070. The Morgan fingerprint density at radius 1 is 0.843 bits per heavy atom. The fourth-order valence-corrected chi connectivity index (χ4v) is 8.86. The third-order valence-electron chi connectivity index (χ3n) is 10.2. The quantitative estimate of drug-likeness (QED) is 0.0776. The summed E-state index contributed by atoms with van der Waals surface area (Å²) in [5.74, 6) is -21.3. The highest BCUT2D eigenvalue weighted by molar-refractivity contribution is 6.58. The van der Waals surface area contributed by atoms with Crippen molar-refractivity contribution in [3.63, 3.8) is 0 Å². The lowest BCUT2D eigenvalue weighted by atomic mass is 9.56. The molecule has 15 heteroatoms. The Labute approximate surface area is 296 Å². The molecule has 4 amide bonds. The predicted molar refractivity (Wildman–Crippen MR) is 174 cm³/mol. The van der Waals surface area contributed by atoms with E-state index >= 15 is 8.78 Å². The Morgan fingerprint density at radius 2 is 1.47 bits per heavy atom. The third kappa shape index (κ3) is 4.67. The van der Waals surface area contributed by atoms with Crippen molar-refractivity contribution in [3.8, 4) is 5.75 Å². The van der Waals surface area contributed by atoms with Gasteiger partial charge in [0, 0.05) is 11.5 Å². The molecule has 2 aliphatic carbocycles. The molecule has 2 saturated heterocycles. The topological polar surface area (TPSA) is 104 Å². The van der Waals surface area contributed by atoms with Crippen molar-refractivity contribution in [2.45, 2.75) is 28.5 Å². The minimum atomic E-state index is -2.70. The molecule has 8 nitrogen and oxygen atoms in total. The molecule has 2 heterocycles. The van der Waals surface area contributed by atoms with Crippen LogP contribution in [0.4, 0.5) is 33.3 Å². The summed E-state index contributed by atoms with van der Waals surface area (Å²) < 4.78 is 79.3. The van der Waals surface area contributed by atoms with Gasteiger partial charge in [-0.1, -0.05) is 54.6 Å². The second-order valence-corrected chi connectivity index (χ2v) is 13.9. The molecule has 264 valence electrons. The molecule has 0 radical (unpaired) electrons. The van der Waals surface area contributed by atoms with Crippen LogP contribution in [-0.2, 0) is 19.2 Å². The summed E-state index contributed by atoms with van der Waals surface area (Å²) in [4.78, 5) is 52.3. The summed E-state index contributed by atoms with van der Waals surface area (Å²) in [5.41, 5.74) is -0.502. The van der Waals surface area contributed by atoms with E-state index in [0.717, 1.165) is 10.5 Å². The van der Waals surface area contributed by atoms with Gasteiger partial charge in [-0.15, -0.1) is 23.2 Å². The Kier molecular flexibility index (Phi) is 8.39. The van der Waals surface area contributed by atoms with Crippen LogP contribution in [0.2, 0.25) is 0 Å². The van der Waals surface area contributed by atoms with Gasteiger partial charge in [-0.05, 0) is 42.5 Å². The van der Waals surface area contributed by atoms with Crippen LogP contribution in [0.1, 0.15) is 29.9 Å². The highest BCUT2D eigenvalue weighted by Gasteiger charge is 2.77. The first-order valence-corrected chi connectivity index (χ1v) is 16.4. The maximum absolute atomic E-state index is 15.3. The number of aliphatic hydroxyl groups excluding tert-OH is 1. The number of halogens is 7. The number of hydrogen-bond donors (Lipinski definition) is 1. The molecular weight excluding hydrogens is 722 g/mol. The van der Waals surface area contributed by atoms with E-state index < -0.39 is 105 Å². The minimum Gasteiger partial charge on any atom is -0.491 e. The number of rotatable bonds is 7. The van der Waals surface area contributed by atoms with E-state index in [1.54, 1.807) is 42.5 Å². The van der Waals surface area contributed by atoms with Crippen LogP contribution in [0.25, 0.3) is 6.08 Å². The molecule has 51 heavy (non-hydrogen) atoms. The summed E-state index contributed by atoms with van der Waals surface area (Å²) in [5, 5.41) is 9.49. The Balaban J connectivity index is 1.43. The number of para-hydroxylation sites is 1. The molecule has 0 spiro atoms. The van der Waals surface area contributed by atoms with Crippen LogP contribution in [0, 0.1) is 46.8 Å². The number of alkyl halides is 2. The number of carbonyl (C=O) groups excluding carboxylic acids is 4. The molecule has 4 aliphatic rings. The third-order valence-corrected chi connectivity index (χ3v) is 11.6. The molecule has 7 rings (SSSR count). The van der Waals surface area contributed by atoms with E-state index in [-0.39, 0.29) is 40.5 Å². The standard InChI is InChI=1S/C36H25Cl2F5N2O6/c1-2-16-7-9-17(10-8-16)44-31(47)20-12-11-18-21(23(20)32(44)48)15-35(37)33(49)45(30-28(42)26(40)25(39)27(41)29(30)43)34(50)36(35,38)24(18)19-5-3-4-6-22(19)51-14-13-46/h2-11,20-21,23-24,46H,1,12-15H2/t20-,21+,23-,24+,35+,36-/m0/s1. The number of hydrogen-bond acceptors (Lipinski definition) is 6. The Morgan fingerprint density at radius 3 is 2.10 bits per heavy atom. The maximum Gasteiger partial charge on any atom is 0.258 e. The smallest absolute Gasteiger partial charge is 0.258 e. The number of benzene rings is 3. The number of nitrogens with zero attached hydrogens (tertiary/aromatic N) is 2. The van der Waals surface area contributed by atoms with Crippen molar-refractivity contribution in [2.24, 2.45) is 17.8 Å². The van der Waals surface area contributed by atoms with Gasteiger partial charge in [0.25, 0.3) is 11.8 Å². The molecule has 3 aromatic rings. The molecule has 6 atom stereocenters. The molecule has 1 N–H and O–H groups in total.